The first-order valence-corrected chi connectivity index (χ1v) is 11.2. The van der Waals surface area contributed by atoms with Gasteiger partial charge in [-0.2, -0.15) is 12.6 Å². The third-order valence-electron chi connectivity index (χ3n) is 5.30. The molecule has 0 spiro atoms. The van der Waals surface area contributed by atoms with E-state index in [1.807, 2.05) is 13.8 Å². The van der Waals surface area contributed by atoms with Crippen molar-refractivity contribution in [1.82, 2.24) is 0 Å². The largest absolute Gasteiger partial charge is 0.394 e. The van der Waals surface area contributed by atoms with E-state index < -0.39 is 42.9 Å². The van der Waals surface area contributed by atoms with Crippen LogP contribution in [0.15, 0.2) is 0 Å². The zero-order chi connectivity index (χ0) is 23.5. The first kappa shape index (κ1) is 28.1. The SMILES string of the molecule is CC(C)(S)CC(C)(C)CC(C)(C)OCCC(C)(C)OC1OC(CO)C(O)C(O)C1O. The third-order valence-corrected chi connectivity index (χ3v) is 5.45. The van der Waals surface area contributed by atoms with Crippen molar-refractivity contribution in [2.45, 2.75) is 121 Å². The Bertz CT molecular complexity index is 528. The molecule has 1 saturated heterocycles. The van der Waals surface area contributed by atoms with Crippen LogP contribution in [0, 0.1) is 5.41 Å². The lowest BCUT2D eigenvalue weighted by Crippen LogP contribution is -2.60. The lowest BCUT2D eigenvalue weighted by atomic mass is 9.76. The van der Waals surface area contributed by atoms with E-state index in [2.05, 4.69) is 54.2 Å². The number of hydrogen-bond donors (Lipinski definition) is 5. The number of rotatable bonds is 11. The highest BCUT2D eigenvalue weighted by molar-refractivity contribution is 7.81. The summed E-state index contributed by atoms with van der Waals surface area (Å²) < 4.78 is 17.4. The van der Waals surface area contributed by atoms with E-state index >= 15 is 0 Å². The summed E-state index contributed by atoms with van der Waals surface area (Å²) >= 11 is 4.66. The molecule has 4 N–H and O–H groups in total. The second kappa shape index (κ2) is 10.3. The summed E-state index contributed by atoms with van der Waals surface area (Å²) in [7, 11) is 0. The highest BCUT2D eigenvalue weighted by Crippen LogP contribution is 2.39. The second-order valence-electron chi connectivity index (χ2n) is 11.3. The minimum atomic E-state index is -1.45. The maximum Gasteiger partial charge on any atom is 0.187 e. The molecule has 0 aromatic carbocycles. The second-order valence-corrected chi connectivity index (χ2v) is 12.5. The molecule has 0 bridgehead atoms. The van der Waals surface area contributed by atoms with Gasteiger partial charge in [0.15, 0.2) is 6.29 Å². The maximum atomic E-state index is 10.2. The average molecular weight is 453 g/mol. The van der Waals surface area contributed by atoms with Gasteiger partial charge in [0.1, 0.15) is 24.4 Å². The average Bonchev–Trinajstić information content (AvgIpc) is 2.51. The molecule has 0 aromatic rings. The molecule has 0 aromatic heterocycles. The molecule has 0 aliphatic carbocycles. The Morgan fingerprint density at radius 2 is 1.40 bits per heavy atom. The normalized spacial score (nSPS) is 29.3. The van der Waals surface area contributed by atoms with Crippen molar-refractivity contribution in [3.8, 4) is 0 Å². The smallest absolute Gasteiger partial charge is 0.187 e. The summed E-state index contributed by atoms with van der Waals surface area (Å²) in [5, 5.41) is 39.3. The molecule has 8 heteroatoms. The topological polar surface area (TPSA) is 109 Å². The fourth-order valence-corrected chi connectivity index (χ4v) is 4.98. The van der Waals surface area contributed by atoms with Gasteiger partial charge in [-0.25, -0.2) is 0 Å². The third kappa shape index (κ3) is 9.28. The molecular formula is C22H44O7S. The van der Waals surface area contributed by atoms with E-state index in [9.17, 15) is 20.4 Å². The summed E-state index contributed by atoms with van der Waals surface area (Å²) in [6.07, 6.45) is -4.04. The van der Waals surface area contributed by atoms with E-state index in [0.29, 0.717) is 13.0 Å². The number of aliphatic hydroxyl groups is 4. The first-order chi connectivity index (χ1) is 13.4. The van der Waals surface area contributed by atoms with E-state index in [1.54, 1.807) is 0 Å². The van der Waals surface area contributed by atoms with E-state index in [-0.39, 0.29) is 15.8 Å². The summed E-state index contributed by atoms with van der Waals surface area (Å²) in [4.78, 5) is 0. The number of aliphatic hydroxyl groups excluding tert-OH is 4. The predicted octanol–water partition coefficient (Wildman–Crippen LogP) is 2.28. The van der Waals surface area contributed by atoms with E-state index in [0.717, 1.165) is 12.8 Å². The van der Waals surface area contributed by atoms with Crippen LogP contribution in [0.25, 0.3) is 0 Å². The van der Waals surface area contributed by atoms with Crippen molar-refractivity contribution in [3.63, 3.8) is 0 Å². The standard InChI is InChI=1S/C22H44O7S/c1-19(2,13-22(7,8)30)12-21(5,6)27-10-9-20(3,4)29-18-17(26)16(25)15(24)14(11-23)28-18/h14-18,23-26,30H,9-13H2,1-8H3. The predicted molar refractivity (Wildman–Crippen MR) is 120 cm³/mol. The molecule has 180 valence electrons. The van der Waals surface area contributed by atoms with E-state index in [1.165, 1.54) is 0 Å². The van der Waals surface area contributed by atoms with Crippen LogP contribution in [0.3, 0.4) is 0 Å². The van der Waals surface area contributed by atoms with Gasteiger partial charge in [0.2, 0.25) is 0 Å². The van der Waals surface area contributed by atoms with Crippen LogP contribution < -0.4 is 0 Å². The van der Waals surface area contributed by atoms with Gasteiger partial charge in [0.05, 0.1) is 24.4 Å². The fraction of sp³-hybridized carbons (Fsp3) is 1.00. The molecule has 0 radical (unpaired) electrons. The van der Waals surface area contributed by atoms with Crippen molar-refractivity contribution in [2.24, 2.45) is 5.41 Å². The molecule has 1 heterocycles. The lowest BCUT2D eigenvalue weighted by molar-refractivity contribution is -0.324. The van der Waals surface area contributed by atoms with Gasteiger partial charge < -0.3 is 34.6 Å². The Balaban J connectivity index is 2.60. The minimum Gasteiger partial charge on any atom is -0.394 e. The van der Waals surface area contributed by atoms with Crippen molar-refractivity contribution in [3.05, 3.63) is 0 Å². The Morgan fingerprint density at radius 1 is 0.833 bits per heavy atom. The molecule has 5 unspecified atom stereocenters. The molecular weight excluding hydrogens is 408 g/mol. The lowest BCUT2D eigenvalue weighted by Gasteiger charge is -2.43. The minimum absolute atomic E-state index is 0.0547. The van der Waals surface area contributed by atoms with Gasteiger partial charge in [-0.05, 0) is 52.4 Å². The quantitative estimate of drug-likeness (QED) is 0.306. The van der Waals surface area contributed by atoms with Crippen LogP contribution in [0.4, 0.5) is 0 Å². The summed E-state index contributed by atoms with van der Waals surface area (Å²) in [6.45, 7) is 16.5. The van der Waals surface area contributed by atoms with Gasteiger partial charge in [-0.15, -0.1) is 0 Å². The monoisotopic (exact) mass is 452 g/mol. The van der Waals surface area contributed by atoms with Crippen molar-refractivity contribution >= 4 is 12.6 Å². The van der Waals surface area contributed by atoms with Gasteiger partial charge >= 0.3 is 0 Å². The molecule has 7 nitrogen and oxygen atoms in total. The van der Waals surface area contributed by atoms with Gasteiger partial charge in [0, 0.05) is 4.75 Å². The van der Waals surface area contributed by atoms with Crippen molar-refractivity contribution in [1.29, 1.82) is 0 Å². The summed E-state index contributed by atoms with van der Waals surface area (Å²) in [5.41, 5.74) is -0.981. The first-order valence-electron chi connectivity index (χ1n) is 10.7. The van der Waals surface area contributed by atoms with Crippen LogP contribution in [0.2, 0.25) is 0 Å². The van der Waals surface area contributed by atoms with Gasteiger partial charge in [-0.3, -0.25) is 0 Å². The summed E-state index contributed by atoms with van der Waals surface area (Å²) in [6, 6.07) is 0. The van der Waals surface area contributed by atoms with Gasteiger partial charge in [-0.1, -0.05) is 27.7 Å². The van der Waals surface area contributed by atoms with Gasteiger partial charge in [0.25, 0.3) is 0 Å². The van der Waals surface area contributed by atoms with Crippen molar-refractivity contribution < 1.29 is 34.6 Å². The Kier molecular flexibility index (Phi) is 9.68. The molecule has 1 fully saturated rings. The van der Waals surface area contributed by atoms with Crippen LogP contribution in [0.1, 0.15) is 74.7 Å². The number of thiol groups is 1. The molecule has 1 rings (SSSR count). The van der Waals surface area contributed by atoms with Crippen LogP contribution >= 0.6 is 12.6 Å². The van der Waals surface area contributed by atoms with Crippen LogP contribution in [-0.4, -0.2) is 80.3 Å². The highest BCUT2D eigenvalue weighted by atomic mass is 32.1. The molecule has 0 saturated carbocycles. The molecule has 1 aliphatic rings. The zero-order valence-corrected chi connectivity index (χ0v) is 20.8. The number of ether oxygens (including phenoxy) is 3. The van der Waals surface area contributed by atoms with E-state index in [4.69, 9.17) is 14.2 Å². The van der Waals surface area contributed by atoms with Crippen molar-refractivity contribution in [2.75, 3.05) is 13.2 Å². The highest BCUT2D eigenvalue weighted by Gasteiger charge is 2.45. The Labute approximate surface area is 187 Å². The Hall–Kier alpha value is 0.0700. The summed E-state index contributed by atoms with van der Waals surface area (Å²) in [5.74, 6) is 0. The molecule has 1 aliphatic heterocycles. The zero-order valence-electron chi connectivity index (χ0n) is 19.9. The molecule has 5 atom stereocenters. The molecule has 30 heavy (non-hydrogen) atoms. The molecule has 0 amide bonds. The van der Waals surface area contributed by atoms with Crippen LogP contribution in [0.5, 0.6) is 0 Å². The maximum absolute atomic E-state index is 10.2. The number of hydrogen-bond acceptors (Lipinski definition) is 8. The van der Waals surface area contributed by atoms with Crippen LogP contribution in [-0.2, 0) is 14.2 Å². The Morgan fingerprint density at radius 3 is 1.90 bits per heavy atom. The fourth-order valence-electron chi connectivity index (χ4n) is 4.55.